The van der Waals surface area contributed by atoms with Gasteiger partial charge in [-0.15, -0.1) is 0 Å². The van der Waals surface area contributed by atoms with E-state index in [1.165, 1.54) is 60.9 Å². The molecule has 2 aliphatic heterocycles. The molecule has 0 bridgehead atoms. The summed E-state index contributed by atoms with van der Waals surface area (Å²) in [5, 5.41) is 4.78. The molecule has 4 nitrogen and oxygen atoms in total. The van der Waals surface area contributed by atoms with Crippen LogP contribution < -0.4 is 9.64 Å². The second-order valence-corrected chi connectivity index (χ2v) is 19.2. The van der Waals surface area contributed by atoms with Crippen molar-refractivity contribution in [2.75, 3.05) is 4.90 Å². The van der Waals surface area contributed by atoms with Crippen molar-refractivity contribution in [1.29, 1.82) is 0 Å². The molecule has 0 N–H and O–H groups in total. The van der Waals surface area contributed by atoms with Crippen molar-refractivity contribution in [2.24, 2.45) is 0 Å². The minimum atomic E-state index is -0.653. The van der Waals surface area contributed by atoms with Gasteiger partial charge in [-0.05, 0) is 112 Å². The van der Waals surface area contributed by atoms with Gasteiger partial charge >= 0.3 is 0 Å². The summed E-state index contributed by atoms with van der Waals surface area (Å²) in [7, 11) is 0. The molecule has 4 heterocycles. The molecule has 68 heavy (non-hydrogen) atoms. The van der Waals surface area contributed by atoms with Crippen LogP contribution >= 0.6 is 0 Å². The molecule has 2 aromatic heterocycles. The molecule has 0 amide bonds. The zero-order valence-corrected chi connectivity index (χ0v) is 37.6. The number of para-hydroxylation sites is 6. The third kappa shape index (κ3) is 4.73. The van der Waals surface area contributed by atoms with Gasteiger partial charge in [-0.1, -0.05) is 159 Å². The Morgan fingerprint density at radius 3 is 1.85 bits per heavy atom. The highest BCUT2D eigenvalue weighted by molar-refractivity contribution is 6.15. The zero-order valence-electron chi connectivity index (χ0n) is 37.6. The van der Waals surface area contributed by atoms with Crippen LogP contribution in [0.2, 0.25) is 0 Å². The van der Waals surface area contributed by atoms with Crippen LogP contribution in [0.1, 0.15) is 47.2 Å². The number of anilines is 3. The number of rotatable bonds is 4. The highest BCUT2D eigenvalue weighted by Crippen LogP contribution is 2.62. The predicted molar refractivity (Wildman–Crippen MR) is 279 cm³/mol. The molecule has 1 atom stereocenters. The van der Waals surface area contributed by atoms with E-state index in [2.05, 4.69) is 252 Å². The summed E-state index contributed by atoms with van der Waals surface area (Å²) in [4.78, 5) is 2.39. The molecule has 12 aromatic rings. The third-order valence-electron chi connectivity index (χ3n) is 15.6. The SMILES string of the molecule is CC1(C)c2ccccc2-c2ccc(N(c3ccccc3)c3ccc(-n4c5ccccc5c5c6c(ccc54)C4(c5ccccc5O6)c5ccccc5-n5c6ccccc6c6cccc4c65)cc3)cc21. The van der Waals surface area contributed by atoms with E-state index in [4.69, 9.17) is 4.74 Å². The molecule has 1 spiro atoms. The normalized spacial score (nSPS) is 15.8. The van der Waals surface area contributed by atoms with E-state index < -0.39 is 5.41 Å². The number of hydrogen-bond donors (Lipinski definition) is 0. The average molecular weight is 870 g/mol. The first-order chi connectivity index (χ1) is 33.5. The van der Waals surface area contributed by atoms with Crippen LogP contribution in [0.3, 0.4) is 0 Å². The van der Waals surface area contributed by atoms with E-state index >= 15 is 0 Å². The molecule has 0 fully saturated rings. The predicted octanol–water partition coefficient (Wildman–Crippen LogP) is 16.5. The molecule has 0 radical (unpaired) electrons. The van der Waals surface area contributed by atoms with Gasteiger partial charge in [0.15, 0.2) is 0 Å². The largest absolute Gasteiger partial charge is 0.456 e. The first-order valence-corrected chi connectivity index (χ1v) is 23.7. The summed E-state index contributed by atoms with van der Waals surface area (Å²) in [5.41, 5.74) is 19.8. The number of fused-ring (bicyclic) bond motifs is 18. The molecule has 10 aromatic carbocycles. The van der Waals surface area contributed by atoms with Gasteiger partial charge in [0.2, 0.25) is 0 Å². The van der Waals surface area contributed by atoms with Crippen molar-refractivity contribution in [3.05, 3.63) is 258 Å². The van der Waals surface area contributed by atoms with Crippen molar-refractivity contribution in [2.45, 2.75) is 24.7 Å². The lowest BCUT2D eigenvalue weighted by molar-refractivity contribution is 0.439. The van der Waals surface area contributed by atoms with Crippen molar-refractivity contribution in [1.82, 2.24) is 9.13 Å². The fraction of sp³-hybridized carbons (Fsp3) is 0.0625. The second kappa shape index (κ2) is 13.5. The van der Waals surface area contributed by atoms with Crippen molar-refractivity contribution in [3.63, 3.8) is 0 Å². The standard InChI is InChI=1S/C64H43N3O/c1-63(2)49-23-9-6-19-44(49)45-36-35-43(39-54(45)63)65(40-17-4-3-5-18-40)41-31-33-42(34-32-41)66-56-28-13-8-21-48(56)60-58(66)38-37-53-62(60)68-59-30-15-11-25-51(59)64(53)50-24-10-14-29-57(50)67-55-27-12-7-20-46(55)47-22-16-26-52(64)61(47)67/h3-39H,1-2H3. The second-order valence-electron chi connectivity index (χ2n) is 19.2. The van der Waals surface area contributed by atoms with Gasteiger partial charge in [-0.25, -0.2) is 0 Å². The molecule has 3 aliphatic rings. The average Bonchev–Trinajstić information content (AvgIpc) is 4.00. The molecule has 15 rings (SSSR count). The third-order valence-corrected chi connectivity index (χ3v) is 15.6. The number of nitrogens with zero attached hydrogens (tertiary/aromatic N) is 3. The van der Waals surface area contributed by atoms with Crippen LogP contribution in [-0.4, -0.2) is 9.13 Å². The Morgan fingerprint density at radius 1 is 0.397 bits per heavy atom. The number of ether oxygens (including phenoxy) is 1. The molecule has 4 heteroatoms. The fourth-order valence-electron chi connectivity index (χ4n) is 12.7. The molecule has 1 unspecified atom stereocenters. The van der Waals surface area contributed by atoms with Gasteiger partial charge in [0.05, 0.1) is 38.6 Å². The molecular weight excluding hydrogens is 827 g/mol. The summed E-state index contributed by atoms with van der Waals surface area (Å²) in [5.74, 6) is 1.78. The first-order valence-electron chi connectivity index (χ1n) is 23.7. The number of aromatic nitrogens is 2. The lowest BCUT2D eigenvalue weighted by Crippen LogP contribution is -2.37. The van der Waals surface area contributed by atoms with Gasteiger partial charge in [-0.2, -0.15) is 0 Å². The van der Waals surface area contributed by atoms with Crippen LogP contribution in [-0.2, 0) is 10.8 Å². The zero-order chi connectivity index (χ0) is 44.9. The first kappa shape index (κ1) is 37.6. The van der Waals surface area contributed by atoms with E-state index in [0.29, 0.717) is 0 Å². The Bertz CT molecular complexity index is 4100. The summed E-state index contributed by atoms with van der Waals surface area (Å²) in [6, 6.07) is 82.7. The van der Waals surface area contributed by atoms with Crippen LogP contribution in [0.25, 0.3) is 66.1 Å². The minimum absolute atomic E-state index is 0.108. The highest BCUT2D eigenvalue weighted by atomic mass is 16.5. The minimum Gasteiger partial charge on any atom is -0.456 e. The van der Waals surface area contributed by atoms with E-state index in [9.17, 15) is 0 Å². The molecule has 0 saturated heterocycles. The van der Waals surface area contributed by atoms with Gasteiger partial charge in [0.1, 0.15) is 11.5 Å². The summed E-state index contributed by atoms with van der Waals surface area (Å²) >= 11 is 0. The summed E-state index contributed by atoms with van der Waals surface area (Å²) in [6.45, 7) is 4.70. The Morgan fingerprint density at radius 2 is 1.01 bits per heavy atom. The van der Waals surface area contributed by atoms with E-state index in [-0.39, 0.29) is 5.41 Å². The Balaban J connectivity index is 0.938. The molecule has 320 valence electrons. The van der Waals surface area contributed by atoms with E-state index in [1.807, 2.05) is 0 Å². The van der Waals surface area contributed by atoms with Crippen molar-refractivity contribution >= 4 is 60.7 Å². The van der Waals surface area contributed by atoms with Gasteiger partial charge in [0, 0.05) is 55.5 Å². The number of benzene rings is 10. The maximum atomic E-state index is 7.32. The Kier molecular flexibility index (Phi) is 7.46. The lowest BCUT2D eigenvalue weighted by atomic mass is 9.61. The molecule has 1 aliphatic carbocycles. The van der Waals surface area contributed by atoms with Crippen LogP contribution in [0.5, 0.6) is 11.5 Å². The van der Waals surface area contributed by atoms with Gasteiger partial charge < -0.3 is 18.8 Å². The number of hydrogen-bond acceptors (Lipinski definition) is 2. The quantitative estimate of drug-likeness (QED) is 0.176. The maximum Gasteiger partial charge on any atom is 0.142 e. The smallest absolute Gasteiger partial charge is 0.142 e. The summed E-state index contributed by atoms with van der Waals surface area (Å²) < 4.78 is 12.2. The fourth-order valence-corrected chi connectivity index (χ4v) is 12.7. The van der Waals surface area contributed by atoms with Crippen molar-refractivity contribution < 1.29 is 4.74 Å². The van der Waals surface area contributed by atoms with Gasteiger partial charge in [-0.3, -0.25) is 0 Å². The van der Waals surface area contributed by atoms with Crippen molar-refractivity contribution in [3.8, 4) is 34.0 Å². The van der Waals surface area contributed by atoms with Crippen LogP contribution in [0.4, 0.5) is 17.1 Å². The highest BCUT2D eigenvalue weighted by Gasteiger charge is 2.51. The summed E-state index contributed by atoms with van der Waals surface area (Å²) in [6.07, 6.45) is 0. The monoisotopic (exact) mass is 869 g/mol. The van der Waals surface area contributed by atoms with E-state index in [0.717, 1.165) is 67.2 Å². The topological polar surface area (TPSA) is 22.3 Å². The molecular formula is C64H43N3O. The van der Waals surface area contributed by atoms with Crippen LogP contribution in [0, 0.1) is 0 Å². The van der Waals surface area contributed by atoms with Crippen LogP contribution in [0.15, 0.2) is 224 Å². The Labute approximate surface area is 394 Å². The Hall–Kier alpha value is -8.60. The maximum absolute atomic E-state index is 7.32. The van der Waals surface area contributed by atoms with Gasteiger partial charge in [0.25, 0.3) is 0 Å². The van der Waals surface area contributed by atoms with E-state index in [1.54, 1.807) is 0 Å². The molecule has 0 saturated carbocycles. The lowest BCUT2D eigenvalue weighted by Gasteiger charge is -2.45.